The molecule has 1 heterocycles. The lowest BCUT2D eigenvalue weighted by Gasteiger charge is -2.44. The van der Waals surface area contributed by atoms with Crippen LogP contribution >= 0.6 is 0 Å². The van der Waals surface area contributed by atoms with Crippen molar-refractivity contribution in [2.75, 3.05) is 19.6 Å². The van der Waals surface area contributed by atoms with E-state index in [-0.39, 0.29) is 0 Å². The van der Waals surface area contributed by atoms with Gasteiger partial charge in [0.15, 0.2) is 0 Å². The predicted molar refractivity (Wildman–Crippen MR) is 83.2 cm³/mol. The SMILES string of the molecule is CCC1(C)CCN(C(CN)C2CCCCCC2)CC1. The van der Waals surface area contributed by atoms with Crippen LogP contribution in [0.25, 0.3) is 0 Å². The molecule has 0 bridgehead atoms. The fourth-order valence-electron chi connectivity index (χ4n) is 4.08. The average Bonchev–Trinajstić information content (AvgIpc) is 2.71. The minimum absolute atomic E-state index is 0.596. The van der Waals surface area contributed by atoms with Crippen molar-refractivity contribution in [1.82, 2.24) is 4.90 Å². The third kappa shape index (κ3) is 3.95. The molecule has 0 aromatic carbocycles. The third-order valence-corrected chi connectivity index (χ3v) is 6.01. The van der Waals surface area contributed by atoms with Gasteiger partial charge in [0, 0.05) is 12.6 Å². The Kier molecular flexibility index (Phi) is 5.70. The minimum atomic E-state index is 0.596. The van der Waals surface area contributed by atoms with Crippen LogP contribution in [0.3, 0.4) is 0 Å². The van der Waals surface area contributed by atoms with Gasteiger partial charge in [-0.3, -0.25) is 4.90 Å². The fourth-order valence-corrected chi connectivity index (χ4v) is 4.08. The van der Waals surface area contributed by atoms with E-state index in [1.54, 1.807) is 0 Å². The fraction of sp³-hybridized carbons (Fsp3) is 1.00. The molecule has 0 amide bonds. The maximum atomic E-state index is 6.14. The number of likely N-dealkylation sites (tertiary alicyclic amines) is 1. The van der Waals surface area contributed by atoms with Crippen molar-refractivity contribution in [3.63, 3.8) is 0 Å². The molecule has 0 aromatic rings. The van der Waals surface area contributed by atoms with Crippen LogP contribution in [0.2, 0.25) is 0 Å². The third-order valence-electron chi connectivity index (χ3n) is 6.01. The Labute approximate surface area is 120 Å². The molecule has 2 fully saturated rings. The molecule has 2 rings (SSSR count). The molecule has 1 atom stereocenters. The Balaban J connectivity index is 1.91. The van der Waals surface area contributed by atoms with Gasteiger partial charge in [0.25, 0.3) is 0 Å². The lowest BCUT2D eigenvalue weighted by atomic mass is 9.77. The summed E-state index contributed by atoms with van der Waals surface area (Å²) in [6.45, 7) is 8.24. The lowest BCUT2D eigenvalue weighted by Crippen LogP contribution is -2.50. The van der Waals surface area contributed by atoms with Gasteiger partial charge >= 0.3 is 0 Å². The molecule has 1 aliphatic heterocycles. The summed E-state index contributed by atoms with van der Waals surface area (Å²) in [6.07, 6.45) is 12.7. The Hall–Kier alpha value is -0.0800. The maximum absolute atomic E-state index is 6.14. The van der Waals surface area contributed by atoms with Crippen LogP contribution in [0, 0.1) is 11.3 Å². The van der Waals surface area contributed by atoms with E-state index in [9.17, 15) is 0 Å². The number of nitrogens with zero attached hydrogens (tertiary/aromatic N) is 1. The van der Waals surface area contributed by atoms with Gasteiger partial charge in [-0.25, -0.2) is 0 Å². The van der Waals surface area contributed by atoms with E-state index in [1.807, 2.05) is 0 Å². The summed E-state index contributed by atoms with van der Waals surface area (Å²) in [4.78, 5) is 2.73. The van der Waals surface area contributed by atoms with Crippen molar-refractivity contribution in [3.05, 3.63) is 0 Å². The molecule has 0 radical (unpaired) electrons. The summed E-state index contributed by atoms with van der Waals surface area (Å²) >= 11 is 0. The van der Waals surface area contributed by atoms with Crippen LogP contribution < -0.4 is 5.73 Å². The second-order valence-corrected chi connectivity index (χ2v) is 7.25. The van der Waals surface area contributed by atoms with Gasteiger partial charge in [0.1, 0.15) is 0 Å². The number of piperidine rings is 1. The highest BCUT2D eigenvalue weighted by atomic mass is 15.2. The van der Waals surface area contributed by atoms with Crippen molar-refractivity contribution in [2.24, 2.45) is 17.1 Å². The lowest BCUT2D eigenvalue weighted by molar-refractivity contribution is 0.0557. The van der Waals surface area contributed by atoms with Crippen LogP contribution in [-0.4, -0.2) is 30.6 Å². The van der Waals surface area contributed by atoms with Crippen LogP contribution in [0.15, 0.2) is 0 Å². The molecule has 19 heavy (non-hydrogen) atoms. The Bertz CT molecular complexity index is 248. The van der Waals surface area contributed by atoms with Crippen LogP contribution in [0.5, 0.6) is 0 Å². The maximum Gasteiger partial charge on any atom is 0.0246 e. The smallest absolute Gasteiger partial charge is 0.0246 e. The topological polar surface area (TPSA) is 29.3 Å². The predicted octanol–water partition coefficient (Wildman–Crippen LogP) is 3.80. The van der Waals surface area contributed by atoms with Gasteiger partial charge in [-0.1, -0.05) is 46.0 Å². The molecule has 2 heteroatoms. The minimum Gasteiger partial charge on any atom is -0.329 e. The normalized spacial score (nSPS) is 27.9. The molecule has 0 aromatic heterocycles. The van der Waals surface area contributed by atoms with E-state index in [4.69, 9.17) is 5.73 Å². The highest BCUT2D eigenvalue weighted by molar-refractivity contribution is 4.88. The molecule has 1 aliphatic carbocycles. The highest BCUT2D eigenvalue weighted by Crippen LogP contribution is 2.36. The van der Waals surface area contributed by atoms with E-state index < -0.39 is 0 Å². The van der Waals surface area contributed by atoms with Gasteiger partial charge in [-0.2, -0.15) is 0 Å². The summed E-state index contributed by atoms with van der Waals surface area (Å²) in [6, 6.07) is 0.666. The van der Waals surface area contributed by atoms with Crippen molar-refractivity contribution in [2.45, 2.75) is 77.7 Å². The van der Waals surface area contributed by atoms with Crippen LogP contribution in [0.1, 0.15) is 71.6 Å². The second-order valence-electron chi connectivity index (χ2n) is 7.25. The molecular formula is C17H34N2. The van der Waals surface area contributed by atoms with E-state index >= 15 is 0 Å². The molecule has 2 nitrogen and oxygen atoms in total. The highest BCUT2D eigenvalue weighted by Gasteiger charge is 2.33. The number of hydrogen-bond acceptors (Lipinski definition) is 2. The first-order valence-corrected chi connectivity index (χ1v) is 8.62. The van der Waals surface area contributed by atoms with Crippen molar-refractivity contribution in [3.8, 4) is 0 Å². The van der Waals surface area contributed by atoms with Gasteiger partial charge in [-0.05, 0) is 50.1 Å². The summed E-state index contributed by atoms with van der Waals surface area (Å²) in [5, 5.41) is 0. The molecule has 1 unspecified atom stereocenters. The van der Waals surface area contributed by atoms with Gasteiger partial charge < -0.3 is 5.73 Å². The van der Waals surface area contributed by atoms with Gasteiger partial charge in [-0.15, -0.1) is 0 Å². The Morgan fingerprint density at radius 2 is 1.68 bits per heavy atom. The van der Waals surface area contributed by atoms with E-state index in [1.165, 1.54) is 70.9 Å². The zero-order chi connectivity index (χ0) is 13.7. The summed E-state index contributed by atoms with van der Waals surface area (Å²) in [5.74, 6) is 0.874. The Morgan fingerprint density at radius 1 is 1.11 bits per heavy atom. The van der Waals surface area contributed by atoms with Gasteiger partial charge in [0.05, 0.1) is 0 Å². The molecule has 0 spiro atoms. The standard InChI is InChI=1S/C17H34N2/c1-3-17(2)10-12-19(13-11-17)16(14-18)15-8-6-4-5-7-9-15/h15-16H,3-14,18H2,1-2H3. The van der Waals surface area contributed by atoms with E-state index in [0.29, 0.717) is 11.5 Å². The Morgan fingerprint density at radius 3 is 2.16 bits per heavy atom. The second kappa shape index (κ2) is 7.08. The van der Waals surface area contributed by atoms with Crippen molar-refractivity contribution in [1.29, 1.82) is 0 Å². The zero-order valence-electron chi connectivity index (χ0n) is 13.2. The first-order chi connectivity index (χ1) is 9.18. The molecule has 1 saturated carbocycles. The first-order valence-electron chi connectivity index (χ1n) is 8.62. The van der Waals surface area contributed by atoms with Crippen LogP contribution in [0.4, 0.5) is 0 Å². The molecular weight excluding hydrogens is 232 g/mol. The number of rotatable bonds is 4. The molecule has 1 saturated heterocycles. The summed E-state index contributed by atoms with van der Waals surface area (Å²) in [7, 11) is 0. The quantitative estimate of drug-likeness (QED) is 0.784. The average molecular weight is 266 g/mol. The number of nitrogens with two attached hydrogens (primary N) is 1. The summed E-state index contributed by atoms with van der Waals surface area (Å²) in [5.41, 5.74) is 6.74. The van der Waals surface area contributed by atoms with Crippen molar-refractivity contribution < 1.29 is 0 Å². The molecule has 112 valence electrons. The molecule has 2 aliphatic rings. The van der Waals surface area contributed by atoms with E-state index in [2.05, 4.69) is 18.7 Å². The van der Waals surface area contributed by atoms with Gasteiger partial charge in [0.2, 0.25) is 0 Å². The largest absolute Gasteiger partial charge is 0.329 e. The van der Waals surface area contributed by atoms with E-state index in [0.717, 1.165) is 12.5 Å². The van der Waals surface area contributed by atoms with Crippen LogP contribution in [-0.2, 0) is 0 Å². The first kappa shape index (κ1) is 15.3. The number of hydrogen-bond donors (Lipinski definition) is 1. The van der Waals surface area contributed by atoms with Crippen molar-refractivity contribution >= 4 is 0 Å². The molecule has 2 N–H and O–H groups in total. The summed E-state index contributed by atoms with van der Waals surface area (Å²) < 4.78 is 0. The zero-order valence-corrected chi connectivity index (χ0v) is 13.2. The monoisotopic (exact) mass is 266 g/mol.